The minimum absolute atomic E-state index is 0. The molecule has 2 aliphatic rings. The molecular formula is C10H21ClN2O. The van der Waals surface area contributed by atoms with Crippen LogP contribution in [0.4, 0.5) is 0 Å². The van der Waals surface area contributed by atoms with Crippen LogP contribution in [0.15, 0.2) is 0 Å². The van der Waals surface area contributed by atoms with Crippen LogP contribution in [0.25, 0.3) is 0 Å². The van der Waals surface area contributed by atoms with E-state index in [9.17, 15) is 5.11 Å². The Balaban J connectivity index is 0.000000980. The first-order chi connectivity index (χ1) is 6.27. The number of β-amino-alcohol motifs (C(OH)–C–C–N with tert-alkyl or cyclic N) is 1. The number of nitrogens with zero attached hydrogens (tertiary/aromatic N) is 1. The van der Waals surface area contributed by atoms with Crippen molar-refractivity contribution in [2.24, 2.45) is 5.92 Å². The van der Waals surface area contributed by atoms with E-state index < -0.39 is 0 Å². The van der Waals surface area contributed by atoms with Crippen LogP contribution in [0.3, 0.4) is 0 Å². The highest BCUT2D eigenvalue weighted by molar-refractivity contribution is 5.85. The van der Waals surface area contributed by atoms with Gasteiger partial charge in [-0.25, -0.2) is 0 Å². The molecule has 2 heterocycles. The zero-order chi connectivity index (χ0) is 9.26. The summed E-state index contributed by atoms with van der Waals surface area (Å²) in [6.07, 6.45) is 2.50. The van der Waals surface area contributed by atoms with Crippen LogP contribution in [-0.2, 0) is 0 Å². The minimum Gasteiger partial charge on any atom is -0.390 e. The van der Waals surface area contributed by atoms with Crippen molar-refractivity contribution in [2.45, 2.75) is 31.9 Å². The predicted molar refractivity (Wildman–Crippen MR) is 59.9 cm³/mol. The molecule has 0 amide bonds. The van der Waals surface area contributed by atoms with E-state index >= 15 is 0 Å². The van der Waals surface area contributed by atoms with Crippen LogP contribution in [0, 0.1) is 5.92 Å². The number of aliphatic hydroxyl groups is 1. The molecule has 3 atom stereocenters. The summed E-state index contributed by atoms with van der Waals surface area (Å²) >= 11 is 0. The van der Waals surface area contributed by atoms with Crippen molar-refractivity contribution in [3.05, 3.63) is 0 Å². The molecule has 0 aromatic carbocycles. The first kappa shape index (κ1) is 12.2. The zero-order valence-corrected chi connectivity index (χ0v) is 9.59. The average molecular weight is 221 g/mol. The molecule has 2 fully saturated rings. The van der Waals surface area contributed by atoms with Crippen molar-refractivity contribution in [3.8, 4) is 0 Å². The van der Waals surface area contributed by atoms with Gasteiger partial charge in [-0.05, 0) is 25.3 Å². The lowest BCUT2D eigenvalue weighted by atomic mass is 9.98. The third-order valence-corrected chi connectivity index (χ3v) is 3.31. The first-order valence-electron chi connectivity index (χ1n) is 5.40. The van der Waals surface area contributed by atoms with Crippen LogP contribution in [0.1, 0.15) is 19.8 Å². The normalized spacial score (nSPS) is 39.4. The van der Waals surface area contributed by atoms with E-state index in [1.165, 1.54) is 25.9 Å². The molecule has 4 heteroatoms. The highest BCUT2D eigenvalue weighted by Crippen LogP contribution is 2.20. The fourth-order valence-corrected chi connectivity index (χ4v) is 2.55. The van der Waals surface area contributed by atoms with Crippen LogP contribution in [0.5, 0.6) is 0 Å². The number of aliphatic hydroxyl groups excluding tert-OH is 1. The average Bonchev–Trinajstić information content (AvgIpc) is 2.51. The third kappa shape index (κ3) is 2.60. The number of likely N-dealkylation sites (tertiary alicyclic amines) is 1. The molecule has 3 nitrogen and oxygen atoms in total. The molecule has 0 aromatic rings. The van der Waals surface area contributed by atoms with Gasteiger partial charge in [-0.15, -0.1) is 12.4 Å². The number of hydrogen-bond donors (Lipinski definition) is 2. The van der Waals surface area contributed by atoms with Crippen molar-refractivity contribution in [3.63, 3.8) is 0 Å². The molecule has 0 saturated carbocycles. The van der Waals surface area contributed by atoms with Crippen LogP contribution in [0.2, 0.25) is 0 Å². The van der Waals surface area contributed by atoms with Gasteiger partial charge < -0.3 is 10.4 Å². The van der Waals surface area contributed by atoms with E-state index in [1.54, 1.807) is 0 Å². The Kier molecular flexibility index (Phi) is 4.64. The Hall–Kier alpha value is 0.170. The Labute approximate surface area is 92.3 Å². The van der Waals surface area contributed by atoms with E-state index in [0.29, 0.717) is 6.04 Å². The van der Waals surface area contributed by atoms with E-state index in [-0.39, 0.29) is 18.5 Å². The molecule has 84 valence electrons. The van der Waals surface area contributed by atoms with Crippen molar-refractivity contribution >= 4 is 12.4 Å². The quantitative estimate of drug-likeness (QED) is 0.675. The molecule has 0 bridgehead atoms. The third-order valence-electron chi connectivity index (χ3n) is 3.31. The maximum Gasteiger partial charge on any atom is 0.0831 e. The molecule has 2 aliphatic heterocycles. The fraction of sp³-hybridized carbons (Fsp3) is 1.00. The van der Waals surface area contributed by atoms with Gasteiger partial charge in [-0.1, -0.05) is 6.92 Å². The summed E-state index contributed by atoms with van der Waals surface area (Å²) in [5, 5.41) is 13.0. The Morgan fingerprint density at radius 1 is 1.36 bits per heavy atom. The first-order valence-corrected chi connectivity index (χ1v) is 5.40. The molecule has 14 heavy (non-hydrogen) atoms. The van der Waals surface area contributed by atoms with Gasteiger partial charge in [0.15, 0.2) is 0 Å². The lowest BCUT2D eigenvalue weighted by Crippen LogP contribution is -2.47. The van der Waals surface area contributed by atoms with Gasteiger partial charge in [0.2, 0.25) is 0 Å². The predicted octanol–water partition coefficient (Wildman–Crippen LogP) is 0.473. The summed E-state index contributed by atoms with van der Waals surface area (Å²) in [5.74, 6) is 0.807. The van der Waals surface area contributed by atoms with E-state index in [0.717, 1.165) is 19.0 Å². The summed E-state index contributed by atoms with van der Waals surface area (Å²) in [6, 6.07) is 0.378. The van der Waals surface area contributed by atoms with Crippen molar-refractivity contribution in [2.75, 3.05) is 26.2 Å². The van der Waals surface area contributed by atoms with Gasteiger partial charge in [0.05, 0.1) is 6.10 Å². The molecule has 0 radical (unpaired) electrons. The maximum absolute atomic E-state index is 9.72. The van der Waals surface area contributed by atoms with E-state index in [1.807, 2.05) is 0 Å². The molecule has 0 aliphatic carbocycles. The van der Waals surface area contributed by atoms with E-state index in [4.69, 9.17) is 0 Å². The number of nitrogens with one attached hydrogen (secondary N) is 1. The lowest BCUT2D eigenvalue weighted by molar-refractivity contribution is 0.0566. The Morgan fingerprint density at radius 3 is 2.71 bits per heavy atom. The zero-order valence-electron chi connectivity index (χ0n) is 8.78. The number of rotatable bonds is 1. The lowest BCUT2D eigenvalue weighted by Gasteiger charge is -2.36. The Morgan fingerprint density at radius 2 is 2.14 bits per heavy atom. The summed E-state index contributed by atoms with van der Waals surface area (Å²) in [4.78, 5) is 2.46. The van der Waals surface area contributed by atoms with Gasteiger partial charge in [0.25, 0.3) is 0 Å². The molecule has 0 unspecified atom stereocenters. The second kappa shape index (κ2) is 5.31. The van der Waals surface area contributed by atoms with Gasteiger partial charge in [-0.3, -0.25) is 4.90 Å². The highest BCUT2D eigenvalue weighted by Gasteiger charge is 2.32. The van der Waals surface area contributed by atoms with Gasteiger partial charge in [-0.2, -0.15) is 0 Å². The molecule has 2 rings (SSSR count). The van der Waals surface area contributed by atoms with Crippen molar-refractivity contribution in [1.82, 2.24) is 10.2 Å². The largest absolute Gasteiger partial charge is 0.390 e. The van der Waals surface area contributed by atoms with Gasteiger partial charge >= 0.3 is 0 Å². The standard InChI is InChI=1S/C10H20N2O.ClH/c1-8-3-2-4-12(7-8)9-5-11-6-10(9)13;/h8-11,13H,2-7H2,1H3;1H/t8-,9+,10+;/m0./s1. The second-order valence-corrected chi connectivity index (χ2v) is 4.54. The van der Waals surface area contributed by atoms with Gasteiger partial charge in [0, 0.05) is 25.7 Å². The molecular weight excluding hydrogens is 200 g/mol. The SMILES string of the molecule is C[C@H]1CCCN([C@@H]2CNC[C@H]2O)C1.Cl. The summed E-state index contributed by atoms with van der Waals surface area (Å²) in [7, 11) is 0. The molecule has 0 aromatic heterocycles. The van der Waals surface area contributed by atoms with Crippen LogP contribution in [-0.4, -0.2) is 48.3 Å². The molecule has 2 saturated heterocycles. The topological polar surface area (TPSA) is 35.5 Å². The molecule has 0 spiro atoms. The smallest absolute Gasteiger partial charge is 0.0831 e. The Bertz CT molecular complexity index is 180. The monoisotopic (exact) mass is 220 g/mol. The van der Waals surface area contributed by atoms with Crippen LogP contribution >= 0.6 is 12.4 Å². The minimum atomic E-state index is -0.148. The molecule has 2 N–H and O–H groups in total. The van der Waals surface area contributed by atoms with Gasteiger partial charge in [0.1, 0.15) is 0 Å². The second-order valence-electron chi connectivity index (χ2n) is 4.54. The van der Waals surface area contributed by atoms with Crippen molar-refractivity contribution in [1.29, 1.82) is 0 Å². The summed E-state index contributed by atoms with van der Waals surface area (Å²) in [5.41, 5.74) is 0. The number of halogens is 1. The fourth-order valence-electron chi connectivity index (χ4n) is 2.55. The maximum atomic E-state index is 9.72. The summed E-state index contributed by atoms with van der Waals surface area (Å²) < 4.78 is 0. The van der Waals surface area contributed by atoms with E-state index in [2.05, 4.69) is 17.1 Å². The summed E-state index contributed by atoms with van der Waals surface area (Å²) in [6.45, 7) is 6.39. The number of hydrogen-bond acceptors (Lipinski definition) is 3. The number of piperidine rings is 1. The van der Waals surface area contributed by atoms with Crippen molar-refractivity contribution < 1.29 is 5.11 Å². The van der Waals surface area contributed by atoms with Crippen LogP contribution < -0.4 is 5.32 Å². The highest BCUT2D eigenvalue weighted by atomic mass is 35.5.